The minimum absolute atomic E-state index is 0.0768. The van der Waals surface area contributed by atoms with Crippen molar-refractivity contribution in [3.8, 4) is 5.75 Å². The first kappa shape index (κ1) is 12.3. The highest BCUT2D eigenvalue weighted by Crippen LogP contribution is 2.40. The van der Waals surface area contributed by atoms with Crippen LogP contribution in [0, 0.1) is 0 Å². The molecule has 1 amide bonds. The maximum atomic E-state index is 12.1. The second-order valence-electron chi connectivity index (χ2n) is 4.67. The van der Waals surface area contributed by atoms with Gasteiger partial charge in [-0.1, -0.05) is 6.07 Å². The zero-order chi connectivity index (χ0) is 13.6. The van der Waals surface area contributed by atoms with E-state index in [1.54, 1.807) is 6.07 Å². The van der Waals surface area contributed by atoms with Crippen LogP contribution in [-0.4, -0.2) is 45.5 Å². The molecular weight excluding hydrogens is 268 g/mol. The fraction of sp³-hybridized carbons (Fsp3) is 0.417. The van der Waals surface area contributed by atoms with Crippen molar-refractivity contribution in [3.05, 3.63) is 18.2 Å². The quantitative estimate of drug-likeness (QED) is 0.799. The van der Waals surface area contributed by atoms with Crippen molar-refractivity contribution < 1.29 is 17.9 Å². The molecule has 0 spiro atoms. The van der Waals surface area contributed by atoms with Crippen LogP contribution in [0.25, 0.3) is 0 Å². The zero-order valence-electron chi connectivity index (χ0n) is 10.4. The van der Waals surface area contributed by atoms with Gasteiger partial charge in [0.2, 0.25) is 5.91 Å². The molecule has 0 aliphatic carbocycles. The van der Waals surface area contributed by atoms with Gasteiger partial charge in [0.25, 0.3) is 0 Å². The summed E-state index contributed by atoms with van der Waals surface area (Å²) in [5.41, 5.74) is 1.43. The number of ether oxygens (including phenoxy) is 1. The van der Waals surface area contributed by atoms with Gasteiger partial charge in [-0.05, 0) is 12.1 Å². The topological polar surface area (TPSA) is 75.7 Å². The molecule has 2 aliphatic rings. The van der Waals surface area contributed by atoms with E-state index in [-0.39, 0.29) is 17.4 Å². The summed E-state index contributed by atoms with van der Waals surface area (Å²) in [5, 5.41) is 2.75. The van der Waals surface area contributed by atoms with Crippen LogP contribution in [0.2, 0.25) is 0 Å². The number of fused-ring (bicyclic) bond motifs is 3. The Bertz CT molecular complexity index is 641. The van der Waals surface area contributed by atoms with E-state index in [0.29, 0.717) is 18.0 Å². The van der Waals surface area contributed by atoms with Gasteiger partial charge in [-0.2, -0.15) is 0 Å². The number of carbonyl (C=O) groups excluding carboxylic acids is 1. The lowest BCUT2D eigenvalue weighted by atomic mass is 10.1. The number of hydrogen-bond acceptors (Lipinski definition) is 5. The van der Waals surface area contributed by atoms with E-state index in [2.05, 4.69) is 5.32 Å². The third kappa shape index (κ3) is 1.94. The number of nitrogens with one attached hydrogen (secondary N) is 1. The Labute approximate surface area is 111 Å². The molecule has 2 heterocycles. The van der Waals surface area contributed by atoms with Gasteiger partial charge in [0.15, 0.2) is 9.84 Å². The average Bonchev–Trinajstić information content (AvgIpc) is 2.37. The molecule has 1 aromatic carbocycles. The summed E-state index contributed by atoms with van der Waals surface area (Å²) in [6.07, 6.45) is 0. The molecule has 1 saturated heterocycles. The normalized spacial score (nSPS) is 24.2. The maximum Gasteiger partial charge on any atom is 0.248 e. The monoisotopic (exact) mass is 282 g/mol. The number of methoxy groups -OCH3 is 1. The Kier molecular flexibility index (Phi) is 2.67. The molecule has 0 radical (unpaired) electrons. The third-order valence-corrected chi connectivity index (χ3v) is 5.14. The lowest BCUT2D eigenvalue weighted by Crippen LogP contribution is -2.56. The van der Waals surface area contributed by atoms with Crippen LogP contribution >= 0.6 is 0 Å². The van der Waals surface area contributed by atoms with Crippen LogP contribution < -0.4 is 15.0 Å². The smallest absolute Gasteiger partial charge is 0.248 e. The van der Waals surface area contributed by atoms with E-state index in [9.17, 15) is 13.2 Å². The van der Waals surface area contributed by atoms with E-state index in [1.165, 1.54) is 7.11 Å². The number of hydrogen-bond donors (Lipinski definition) is 1. The molecule has 1 fully saturated rings. The molecule has 0 bridgehead atoms. The number of amides is 1. The first-order valence-electron chi connectivity index (χ1n) is 5.97. The van der Waals surface area contributed by atoms with Crippen molar-refractivity contribution in [3.63, 3.8) is 0 Å². The Morgan fingerprint density at radius 1 is 1.42 bits per heavy atom. The van der Waals surface area contributed by atoms with Gasteiger partial charge in [0, 0.05) is 6.54 Å². The van der Waals surface area contributed by atoms with Crippen molar-refractivity contribution in [2.75, 3.05) is 35.4 Å². The summed E-state index contributed by atoms with van der Waals surface area (Å²) in [5.74, 6) is 0.237. The predicted molar refractivity (Wildman–Crippen MR) is 71.4 cm³/mol. The van der Waals surface area contributed by atoms with E-state index in [4.69, 9.17) is 4.74 Å². The van der Waals surface area contributed by atoms with Crippen molar-refractivity contribution in [2.45, 2.75) is 6.04 Å². The molecule has 7 heteroatoms. The molecule has 1 unspecified atom stereocenters. The number of rotatable bonds is 1. The molecule has 1 aromatic rings. The number of sulfone groups is 1. The van der Waals surface area contributed by atoms with E-state index >= 15 is 0 Å². The van der Waals surface area contributed by atoms with Crippen LogP contribution in [0.5, 0.6) is 5.75 Å². The molecule has 0 saturated carbocycles. The Morgan fingerprint density at radius 2 is 2.21 bits per heavy atom. The number of carbonyl (C=O) groups is 1. The number of benzene rings is 1. The van der Waals surface area contributed by atoms with Gasteiger partial charge in [0.1, 0.15) is 17.5 Å². The maximum absolute atomic E-state index is 12.1. The SMILES string of the molecule is COc1cccc2c1NC(=O)C1CS(=O)(=O)CCN21. The number of para-hydroxylation sites is 1. The molecule has 3 rings (SSSR count). The standard InChI is InChI=1S/C12H14N2O4S/c1-18-10-4-2-3-8-11(10)13-12(15)9-7-19(16,17)6-5-14(8)9/h2-4,9H,5-7H2,1H3,(H,13,15). The van der Waals surface area contributed by atoms with Crippen LogP contribution in [0.15, 0.2) is 18.2 Å². The summed E-state index contributed by atoms with van der Waals surface area (Å²) < 4.78 is 28.5. The van der Waals surface area contributed by atoms with Crippen molar-refractivity contribution in [1.82, 2.24) is 0 Å². The summed E-state index contributed by atoms with van der Waals surface area (Å²) in [7, 11) is -1.60. The molecule has 2 aliphatic heterocycles. The summed E-state index contributed by atoms with van der Waals surface area (Å²) >= 11 is 0. The Hall–Kier alpha value is -1.76. The first-order chi connectivity index (χ1) is 9.02. The van der Waals surface area contributed by atoms with Crippen molar-refractivity contribution in [1.29, 1.82) is 0 Å². The van der Waals surface area contributed by atoms with Gasteiger partial charge < -0.3 is 15.0 Å². The molecule has 1 N–H and O–H groups in total. The largest absolute Gasteiger partial charge is 0.494 e. The second-order valence-corrected chi connectivity index (χ2v) is 6.90. The minimum Gasteiger partial charge on any atom is -0.494 e. The number of nitrogens with zero attached hydrogens (tertiary/aromatic N) is 1. The summed E-state index contributed by atoms with van der Waals surface area (Å²) in [6.45, 7) is 0.334. The lowest BCUT2D eigenvalue weighted by Gasteiger charge is -2.40. The average molecular weight is 282 g/mol. The van der Waals surface area contributed by atoms with E-state index in [0.717, 1.165) is 5.69 Å². The van der Waals surface area contributed by atoms with Gasteiger partial charge in [0.05, 0.1) is 24.3 Å². The minimum atomic E-state index is -3.14. The van der Waals surface area contributed by atoms with Gasteiger partial charge in [-0.3, -0.25) is 4.79 Å². The molecule has 6 nitrogen and oxygen atoms in total. The van der Waals surface area contributed by atoms with Crippen LogP contribution in [0.1, 0.15) is 0 Å². The molecule has 0 aromatic heterocycles. The van der Waals surface area contributed by atoms with Gasteiger partial charge >= 0.3 is 0 Å². The van der Waals surface area contributed by atoms with Crippen LogP contribution in [0.3, 0.4) is 0 Å². The highest BCUT2D eigenvalue weighted by molar-refractivity contribution is 7.91. The van der Waals surface area contributed by atoms with Crippen molar-refractivity contribution >= 4 is 27.1 Å². The predicted octanol–water partition coefficient (Wildman–Crippen LogP) is 0.251. The zero-order valence-corrected chi connectivity index (χ0v) is 11.2. The Morgan fingerprint density at radius 3 is 2.95 bits per heavy atom. The highest BCUT2D eigenvalue weighted by atomic mass is 32.2. The molecule has 19 heavy (non-hydrogen) atoms. The fourth-order valence-corrected chi connectivity index (χ4v) is 4.03. The Balaban J connectivity index is 2.08. The van der Waals surface area contributed by atoms with Gasteiger partial charge in [-0.15, -0.1) is 0 Å². The first-order valence-corrected chi connectivity index (χ1v) is 7.79. The highest BCUT2D eigenvalue weighted by Gasteiger charge is 2.40. The molecule has 102 valence electrons. The van der Waals surface area contributed by atoms with Crippen LogP contribution in [0.4, 0.5) is 11.4 Å². The summed E-state index contributed by atoms with van der Waals surface area (Å²) in [4.78, 5) is 13.9. The summed E-state index contributed by atoms with van der Waals surface area (Å²) in [6, 6.07) is 4.82. The fourth-order valence-electron chi connectivity index (χ4n) is 2.57. The lowest BCUT2D eigenvalue weighted by molar-refractivity contribution is -0.117. The second kappa shape index (κ2) is 4.12. The van der Waals surface area contributed by atoms with E-state index < -0.39 is 15.9 Å². The molecular formula is C12H14N2O4S. The molecule has 1 atom stereocenters. The van der Waals surface area contributed by atoms with Crippen molar-refractivity contribution in [2.24, 2.45) is 0 Å². The van der Waals surface area contributed by atoms with Crippen LogP contribution in [-0.2, 0) is 14.6 Å². The van der Waals surface area contributed by atoms with E-state index in [1.807, 2.05) is 17.0 Å². The number of anilines is 2. The third-order valence-electron chi connectivity index (χ3n) is 3.52. The van der Waals surface area contributed by atoms with Gasteiger partial charge in [-0.25, -0.2) is 8.42 Å².